The van der Waals surface area contributed by atoms with Crippen molar-refractivity contribution < 1.29 is 24.2 Å². The summed E-state index contributed by atoms with van der Waals surface area (Å²) < 4.78 is 7.76. The molecule has 1 aliphatic rings. The minimum absolute atomic E-state index is 0.0269. The molecule has 38 heavy (non-hydrogen) atoms. The van der Waals surface area contributed by atoms with Crippen LogP contribution < -0.4 is 0 Å². The second-order valence-corrected chi connectivity index (χ2v) is 10.8. The SMILES string of the molecule is CC(C)(C)OC(=O)N1Cc2cccn2C[C@H](CC(=O)N(Cc2ccccc2)Cc2ccc(C(=O)O)cc2)C1. The average Bonchev–Trinajstić information content (AvgIpc) is 3.21. The molecule has 0 bridgehead atoms. The van der Waals surface area contributed by atoms with Gasteiger partial charge in [-0.3, -0.25) is 4.79 Å². The number of aromatic carboxylic acids is 1. The standard InChI is InChI=1S/C30H35N3O5/c1-30(2,3)38-29(37)33-20-24(19-31-15-7-10-26(31)21-33)16-27(34)32(17-22-8-5-4-6-9-22)18-23-11-13-25(14-12-23)28(35)36/h4-15,24H,16-21H2,1-3H3,(H,35,36)/t24-/m0/s1. The van der Waals surface area contributed by atoms with Gasteiger partial charge in [0.1, 0.15) is 5.60 Å². The van der Waals surface area contributed by atoms with Gasteiger partial charge in [0.05, 0.1) is 12.1 Å². The van der Waals surface area contributed by atoms with Gasteiger partial charge in [0.15, 0.2) is 0 Å². The quantitative estimate of drug-likeness (QED) is 0.467. The first-order chi connectivity index (χ1) is 18.1. The molecule has 2 heterocycles. The number of carboxylic acids is 1. The van der Waals surface area contributed by atoms with Crippen LogP contribution in [0.25, 0.3) is 0 Å². The number of hydrogen-bond acceptors (Lipinski definition) is 4. The summed E-state index contributed by atoms with van der Waals surface area (Å²) in [4.78, 5) is 41.5. The third-order valence-corrected chi connectivity index (χ3v) is 6.47. The molecule has 2 amide bonds. The van der Waals surface area contributed by atoms with Gasteiger partial charge in [-0.1, -0.05) is 42.5 Å². The maximum Gasteiger partial charge on any atom is 0.410 e. The molecular weight excluding hydrogens is 482 g/mol. The number of rotatable bonds is 7. The van der Waals surface area contributed by atoms with Crippen LogP contribution in [0, 0.1) is 5.92 Å². The molecule has 1 N–H and O–H groups in total. The van der Waals surface area contributed by atoms with Gasteiger partial charge in [0.2, 0.25) is 5.91 Å². The molecule has 0 unspecified atom stereocenters. The molecule has 8 nitrogen and oxygen atoms in total. The van der Waals surface area contributed by atoms with Crippen LogP contribution in [0.2, 0.25) is 0 Å². The number of carbonyl (C=O) groups excluding carboxylic acids is 2. The summed E-state index contributed by atoms with van der Waals surface area (Å²) in [5, 5.41) is 9.22. The second kappa shape index (κ2) is 11.5. The van der Waals surface area contributed by atoms with Crippen LogP contribution in [0.5, 0.6) is 0 Å². The molecule has 1 aromatic heterocycles. The number of carbonyl (C=O) groups is 3. The van der Waals surface area contributed by atoms with E-state index in [1.54, 1.807) is 34.1 Å². The van der Waals surface area contributed by atoms with Crippen molar-refractivity contribution in [3.05, 3.63) is 95.3 Å². The number of nitrogens with zero attached hydrogens (tertiary/aromatic N) is 3. The number of amides is 2. The van der Waals surface area contributed by atoms with Crippen molar-refractivity contribution in [2.45, 2.75) is 59.0 Å². The summed E-state index contributed by atoms with van der Waals surface area (Å²) in [6.45, 7) is 7.78. The van der Waals surface area contributed by atoms with Crippen molar-refractivity contribution in [1.82, 2.24) is 14.4 Å². The van der Waals surface area contributed by atoms with Crippen LogP contribution in [0.15, 0.2) is 72.9 Å². The maximum atomic E-state index is 13.8. The van der Waals surface area contributed by atoms with Gasteiger partial charge in [0, 0.05) is 50.4 Å². The molecule has 1 aliphatic heterocycles. The molecule has 0 saturated carbocycles. The smallest absolute Gasteiger partial charge is 0.410 e. The third kappa shape index (κ3) is 7.25. The van der Waals surface area contributed by atoms with Crippen molar-refractivity contribution in [2.24, 2.45) is 5.92 Å². The Balaban J connectivity index is 1.53. The van der Waals surface area contributed by atoms with E-state index in [2.05, 4.69) is 4.57 Å². The maximum absolute atomic E-state index is 13.8. The summed E-state index contributed by atoms with van der Waals surface area (Å²) >= 11 is 0. The van der Waals surface area contributed by atoms with Gasteiger partial charge in [-0.2, -0.15) is 0 Å². The minimum atomic E-state index is -0.985. The van der Waals surface area contributed by atoms with Gasteiger partial charge < -0.3 is 24.2 Å². The number of benzene rings is 2. The van der Waals surface area contributed by atoms with E-state index in [1.165, 1.54) is 0 Å². The highest BCUT2D eigenvalue weighted by molar-refractivity contribution is 5.87. The van der Waals surface area contributed by atoms with Gasteiger partial charge in [0.25, 0.3) is 0 Å². The van der Waals surface area contributed by atoms with Crippen molar-refractivity contribution in [3.8, 4) is 0 Å². The lowest BCUT2D eigenvalue weighted by atomic mass is 10.0. The lowest BCUT2D eigenvalue weighted by Gasteiger charge is -2.29. The highest BCUT2D eigenvalue weighted by Crippen LogP contribution is 2.23. The van der Waals surface area contributed by atoms with E-state index in [0.29, 0.717) is 32.7 Å². The van der Waals surface area contributed by atoms with Gasteiger partial charge >= 0.3 is 12.1 Å². The zero-order valence-corrected chi connectivity index (χ0v) is 22.2. The van der Waals surface area contributed by atoms with Crippen LogP contribution in [0.4, 0.5) is 4.79 Å². The molecule has 0 aliphatic carbocycles. The highest BCUT2D eigenvalue weighted by Gasteiger charge is 2.30. The average molecular weight is 518 g/mol. The predicted octanol–water partition coefficient (Wildman–Crippen LogP) is 5.17. The van der Waals surface area contributed by atoms with Crippen molar-refractivity contribution in [1.29, 1.82) is 0 Å². The lowest BCUT2D eigenvalue weighted by Crippen LogP contribution is -2.40. The molecule has 2 aromatic carbocycles. The third-order valence-electron chi connectivity index (χ3n) is 6.47. The molecule has 0 saturated heterocycles. The van der Waals surface area contributed by atoms with Gasteiger partial charge in [-0.25, -0.2) is 9.59 Å². The Morgan fingerprint density at radius 1 is 0.921 bits per heavy atom. The fraction of sp³-hybridized carbons (Fsp3) is 0.367. The largest absolute Gasteiger partial charge is 0.478 e. The molecule has 8 heteroatoms. The van der Waals surface area contributed by atoms with Gasteiger partial charge in [-0.15, -0.1) is 0 Å². The topological polar surface area (TPSA) is 92.1 Å². The Labute approximate surface area is 223 Å². The lowest BCUT2D eigenvalue weighted by molar-refractivity contribution is -0.133. The van der Waals surface area contributed by atoms with E-state index in [-0.39, 0.29) is 29.9 Å². The van der Waals surface area contributed by atoms with Crippen LogP contribution in [0.1, 0.15) is 54.4 Å². The molecular formula is C30H35N3O5. The fourth-order valence-electron chi connectivity index (χ4n) is 4.66. The first kappa shape index (κ1) is 27.0. The summed E-state index contributed by atoms with van der Waals surface area (Å²) in [6.07, 6.45) is 1.86. The minimum Gasteiger partial charge on any atom is -0.478 e. The summed E-state index contributed by atoms with van der Waals surface area (Å²) in [7, 11) is 0. The molecule has 200 valence electrons. The first-order valence-corrected chi connectivity index (χ1v) is 12.8. The number of fused-ring (bicyclic) bond motifs is 1. The Morgan fingerprint density at radius 3 is 2.21 bits per heavy atom. The molecule has 0 spiro atoms. The Kier molecular flexibility index (Phi) is 8.20. The molecule has 1 atom stereocenters. The van der Waals surface area contributed by atoms with E-state index in [9.17, 15) is 19.5 Å². The van der Waals surface area contributed by atoms with E-state index in [0.717, 1.165) is 16.8 Å². The summed E-state index contributed by atoms with van der Waals surface area (Å²) in [5.74, 6) is -1.11. The van der Waals surface area contributed by atoms with E-state index >= 15 is 0 Å². The van der Waals surface area contributed by atoms with Crippen LogP contribution in [0.3, 0.4) is 0 Å². The highest BCUT2D eigenvalue weighted by atomic mass is 16.6. The first-order valence-electron chi connectivity index (χ1n) is 12.8. The monoisotopic (exact) mass is 517 g/mol. The summed E-state index contributed by atoms with van der Waals surface area (Å²) in [5.41, 5.74) is 2.46. The van der Waals surface area contributed by atoms with Crippen LogP contribution >= 0.6 is 0 Å². The number of hydrogen-bond donors (Lipinski definition) is 1. The van der Waals surface area contributed by atoms with E-state index in [4.69, 9.17) is 4.74 Å². The van der Waals surface area contributed by atoms with E-state index < -0.39 is 11.6 Å². The molecule has 0 radical (unpaired) electrons. The van der Waals surface area contributed by atoms with Gasteiger partial charge in [-0.05, 0) is 56.2 Å². The summed E-state index contributed by atoms with van der Waals surface area (Å²) in [6, 6.07) is 20.3. The molecule has 3 aromatic rings. The fourth-order valence-corrected chi connectivity index (χ4v) is 4.66. The van der Waals surface area contributed by atoms with Crippen LogP contribution in [-0.2, 0) is 35.7 Å². The number of ether oxygens (including phenoxy) is 1. The Bertz CT molecular complexity index is 1260. The number of carboxylic acid groups (broad SMARTS) is 1. The Morgan fingerprint density at radius 2 is 1.58 bits per heavy atom. The van der Waals surface area contributed by atoms with E-state index in [1.807, 2.05) is 69.4 Å². The molecule has 4 rings (SSSR count). The number of aromatic nitrogens is 1. The second-order valence-electron chi connectivity index (χ2n) is 10.8. The zero-order chi connectivity index (χ0) is 27.3. The van der Waals surface area contributed by atoms with Crippen molar-refractivity contribution >= 4 is 18.0 Å². The molecule has 0 fully saturated rings. The zero-order valence-electron chi connectivity index (χ0n) is 22.2. The predicted molar refractivity (Wildman–Crippen MR) is 143 cm³/mol. The Hall–Kier alpha value is -4.07. The van der Waals surface area contributed by atoms with Crippen molar-refractivity contribution in [2.75, 3.05) is 6.54 Å². The van der Waals surface area contributed by atoms with Crippen molar-refractivity contribution in [3.63, 3.8) is 0 Å². The normalized spacial score (nSPS) is 15.3. The van der Waals surface area contributed by atoms with Crippen LogP contribution in [-0.4, -0.2) is 49.6 Å².